The van der Waals surface area contributed by atoms with E-state index in [-0.39, 0.29) is 12.6 Å². The summed E-state index contributed by atoms with van der Waals surface area (Å²) < 4.78 is 0. The minimum atomic E-state index is 0.0689. The molecule has 0 saturated heterocycles. The Hall–Kier alpha value is -0.860. The average molecular weight is 291 g/mol. The first-order chi connectivity index (χ1) is 10.3. The maximum Gasteiger partial charge on any atom is 0.0626 e. The number of nitrogens with one attached hydrogen (secondary N) is 1. The molecule has 21 heavy (non-hydrogen) atoms. The Kier molecular flexibility index (Phi) is 10.2. The minimum Gasteiger partial charge on any atom is -0.394 e. The fourth-order valence-electron chi connectivity index (χ4n) is 2.82. The SMILES string of the molecule is CCCCCC(CCCCC)N[C@H](CO)c1ccccc1. The smallest absolute Gasteiger partial charge is 0.0626 e. The highest BCUT2D eigenvalue weighted by molar-refractivity contribution is 5.19. The van der Waals surface area contributed by atoms with Crippen LogP contribution in [-0.2, 0) is 0 Å². The number of benzene rings is 1. The lowest BCUT2D eigenvalue weighted by Gasteiger charge is -2.25. The van der Waals surface area contributed by atoms with E-state index in [9.17, 15) is 5.11 Å². The molecule has 1 aromatic carbocycles. The van der Waals surface area contributed by atoms with E-state index in [1.54, 1.807) is 0 Å². The molecule has 0 bridgehead atoms. The molecule has 0 aliphatic rings. The number of rotatable bonds is 12. The maximum atomic E-state index is 9.71. The third-order valence-electron chi connectivity index (χ3n) is 4.13. The summed E-state index contributed by atoms with van der Waals surface area (Å²) in [5.74, 6) is 0. The molecule has 0 heterocycles. The van der Waals surface area contributed by atoms with Crippen LogP contribution in [0, 0.1) is 0 Å². The van der Waals surface area contributed by atoms with Gasteiger partial charge in [-0.15, -0.1) is 0 Å². The molecular weight excluding hydrogens is 258 g/mol. The molecule has 1 rings (SSSR count). The topological polar surface area (TPSA) is 32.3 Å². The predicted molar refractivity (Wildman–Crippen MR) is 91.5 cm³/mol. The quantitative estimate of drug-likeness (QED) is 0.540. The summed E-state index contributed by atoms with van der Waals surface area (Å²) in [6, 6.07) is 10.9. The van der Waals surface area contributed by atoms with E-state index < -0.39 is 0 Å². The van der Waals surface area contributed by atoms with Gasteiger partial charge in [0, 0.05) is 6.04 Å². The highest BCUT2D eigenvalue weighted by Gasteiger charge is 2.15. The second-order valence-corrected chi connectivity index (χ2v) is 6.00. The van der Waals surface area contributed by atoms with Crippen molar-refractivity contribution in [2.45, 2.75) is 77.3 Å². The van der Waals surface area contributed by atoms with Crippen molar-refractivity contribution in [1.82, 2.24) is 5.32 Å². The summed E-state index contributed by atoms with van der Waals surface area (Å²) in [5.41, 5.74) is 1.19. The van der Waals surface area contributed by atoms with Crippen molar-refractivity contribution in [3.63, 3.8) is 0 Å². The molecule has 2 nitrogen and oxygen atoms in total. The van der Waals surface area contributed by atoms with Crippen molar-refractivity contribution in [3.05, 3.63) is 35.9 Å². The summed E-state index contributed by atoms with van der Waals surface area (Å²) in [6.45, 7) is 4.67. The van der Waals surface area contributed by atoms with Crippen molar-refractivity contribution in [1.29, 1.82) is 0 Å². The monoisotopic (exact) mass is 291 g/mol. The van der Waals surface area contributed by atoms with E-state index in [1.165, 1.54) is 56.9 Å². The van der Waals surface area contributed by atoms with E-state index in [2.05, 4.69) is 31.3 Å². The molecule has 0 aliphatic heterocycles. The Bertz CT molecular complexity index is 329. The number of hydrogen-bond donors (Lipinski definition) is 2. The van der Waals surface area contributed by atoms with E-state index in [4.69, 9.17) is 0 Å². The normalized spacial score (nSPS) is 12.8. The van der Waals surface area contributed by atoms with Crippen LogP contribution in [0.5, 0.6) is 0 Å². The first-order valence-corrected chi connectivity index (χ1v) is 8.73. The van der Waals surface area contributed by atoms with Crippen LogP contribution in [0.2, 0.25) is 0 Å². The minimum absolute atomic E-state index is 0.0689. The largest absolute Gasteiger partial charge is 0.394 e. The van der Waals surface area contributed by atoms with Gasteiger partial charge in [-0.05, 0) is 18.4 Å². The fraction of sp³-hybridized carbons (Fsp3) is 0.684. The van der Waals surface area contributed by atoms with Gasteiger partial charge >= 0.3 is 0 Å². The molecule has 0 radical (unpaired) electrons. The second-order valence-electron chi connectivity index (χ2n) is 6.00. The van der Waals surface area contributed by atoms with Crippen LogP contribution in [0.25, 0.3) is 0 Å². The molecule has 2 N–H and O–H groups in total. The zero-order valence-electron chi connectivity index (χ0n) is 13.9. The van der Waals surface area contributed by atoms with Crippen molar-refractivity contribution in [2.75, 3.05) is 6.61 Å². The van der Waals surface area contributed by atoms with Crippen LogP contribution in [-0.4, -0.2) is 17.8 Å². The first kappa shape index (κ1) is 18.2. The van der Waals surface area contributed by atoms with Crippen LogP contribution in [0.1, 0.15) is 76.8 Å². The summed E-state index contributed by atoms with van der Waals surface area (Å²) >= 11 is 0. The van der Waals surface area contributed by atoms with Gasteiger partial charge in [-0.3, -0.25) is 0 Å². The Balaban J connectivity index is 2.54. The molecule has 0 amide bonds. The molecule has 1 atom stereocenters. The third-order valence-corrected chi connectivity index (χ3v) is 4.13. The molecular formula is C19H33NO. The molecule has 0 saturated carbocycles. The lowest BCUT2D eigenvalue weighted by Crippen LogP contribution is -2.34. The Labute approximate surface area is 131 Å². The standard InChI is InChI=1S/C19H33NO/c1-3-5-8-14-18(15-9-6-4-2)20-19(16-21)17-12-10-7-11-13-17/h7,10-13,18-21H,3-6,8-9,14-16H2,1-2H3/t19-/m1/s1. The molecule has 0 fully saturated rings. The number of unbranched alkanes of at least 4 members (excludes halogenated alkanes) is 4. The highest BCUT2D eigenvalue weighted by atomic mass is 16.3. The molecule has 0 aromatic heterocycles. The molecule has 0 spiro atoms. The zero-order valence-corrected chi connectivity index (χ0v) is 13.9. The summed E-state index contributed by atoms with van der Waals surface area (Å²) in [5, 5.41) is 13.4. The van der Waals surface area contributed by atoms with Crippen LogP contribution in [0.4, 0.5) is 0 Å². The Morgan fingerprint density at radius 2 is 1.48 bits per heavy atom. The van der Waals surface area contributed by atoms with Gasteiger partial charge in [0.1, 0.15) is 0 Å². The molecule has 0 aliphatic carbocycles. The summed E-state index contributed by atoms with van der Waals surface area (Å²) in [7, 11) is 0. The Morgan fingerprint density at radius 1 is 0.905 bits per heavy atom. The van der Waals surface area contributed by atoms with Crippen molar-refractivity contribution < 1.29 is 5.11 Å². The van der Waals surface area contributed by atoms with E-state index in [1.807, 2.05) is 18.2 Å². The van der Waals surface area contributed by atoms with E-state index >= 15 is 0 Å². The van der Waals surface area contributed by atoms with Gasteiger partial charge in [0.25, 0.3) is 0 Å². The van der Waals surface area contributed by atoms with Crippen molar-refractivity contribution in [2.24, 2.45) is 0 Å². The van der Waals surface area contributed by atoms with Crippen LogP contribution in [0.3, 0.4) is 0 Å². The summed E-state index contributed by atoms with van der Waals surface area (Å²) in [6.07, 6.45) is 10.2. The zero-order chi connectivity index (χ0) is 15.3. The predicted octanol–water partition coefficient (Wildman–Crippen LogP) is 4.84. The van der Waals surface area contributed by atoms with Crippen LogP contribution < -0.4 is 5.32 Å². The fourth-order valence-corrected chi connectivity index (χ4v) is 2.82. The van der Waals surface area contributed by atoms with Gasteiger partial charge in [0.05, 0.1) is 12.6 Å². The van der Waals surface area contributed by atoms with E-state index in [0.717, 1.165) is 0 Å². The second kappa shape index (κ2) is 11.8. The van der Waals surface area contributed by atoms with Gasteiger partial charge < -0.3 is 10.4 Å². The highest BCUT2D eigenvalue weighted by Crippen LogP contribution is 2.17. The molecule has 120 valence electrons. The van der Waals surface area contributed by atoms with Gasteiger partial charge in [-0.25, -0.2) is 0 Å². The maximum absolute atomic E-state index is 9.71. The third kappa shape index (κ3) is 7.63. The van der Waals surface area contributed by atoms with Gasteiger partial charge in [-0.2, -0.15) is 0 Å². The van der Waals surface area contributed by atoms with E-state index in [0.29, 0.717) is 6.04 Å². The number of hydrogen-bond acceptors (Lipinski definition) is 2. The van der Waals surface area contributed by atoms with Crippen LogP contribution in [0.15, 0.2) is 30.3 Å². The number of aliphatic hydroxyl groups is 1. The van der Waals surface area contributed by atoms with Crippen molar-refractivity contribution >= 4 is 0 Å². The molecule has 0 unspecified atom stereocenters. The van der Waals surface area contributed by atoms with Crippen molar-refractivity contribution in [3.8, 4) is 0 Å². The lowest BCUT2D eigenvalue weighted by molar-refractivity contribution is 0.225. The van der Waals surface area contributed by atoms with Crippen LogP contribution >= 0.6 is 0 Å². The van der Waals surface area contributed by atoms with Gasteiger partial charge in [0.15, 0.2) is 0 Å². The molecule has 1 aromatic rings. The summed E-state index contributed by atoms with van der Waals surface area (Å²) in [4.78, 5) is 0. The Morgan fingerprint density at radius 3 is 1.95 bits per heavy atom. The first-order valence-electron chi connectivity index (χ1n) is 8.73. The molecule has 2 heteroatoms. The average Bonchev–Trinajstić information content (AvgIpc) is 2.53. The van der Waals surface area contributed by atoms with Gasteiger partial charge in [0.2, 0.25) is 0 Å². The number of aliphatic hydroxyl groups excluding tert-OH is 1. The van der Waals surface area contributed by atoms with Gasteiger partial charge in [-0.1, -0.05) is 82.7 Å². The lowest BCUT2D eigenvalue weighted by atomic mass is 9.99.